The molecule has 2 unspecified atom stereocenters. The van der Waals surface area contributed by atoms with Crippen LogP contribution in [0.25, 0.3) is 10.8 Å². The molecule has 1 aliphatic carbocycles. The fraction of sp³-hybridized carbons (Fsp3) is 0.438. The zero-order chi connectivity index (χ0) is 13.9. The number of aromatic nitrogens is 1. The fourth-order valence-electron chi connectivity index (χ4n) is 2.86. The van der Waals surface area contributed by atoms with Gasteiger partial charge in [0.05, 0.1) is 7.11 Å². The van der Waals surface area contributed by atoms with Crippen molar-refractivity contribution in [2.45, 2.75) is 24.6 Å². The van der Waals surface area contributed by atoms with Gasteiger partial charge in [-0.2, -0.15) is 0 Å². The first kappa shape index (κ1) is 13.5. The van der Waals surface area contributed by atoms with E-state index in [1.165, 1.54) is 12.8 Å². The van der Waals surface area contributed by atoms with Gasteiger partial charge in [-0.1, -0.05) is 12.5 Å². The Bertz CT molecular complexity index is 602. The lowest BCUT2D eigenvalue weighted by atomic mass is 10.1. The molecule has 0 saturated heterocycles. The highest BCUT2D eigenvalue weighted by Gasteiger charge is 2.25. The van der Waals surface area contributed by atoms with Gasteiger partial charge in [-0.15, -0.1) is 11.6 Å². The van der Waals surface area contributed by atoms with Crippen LogP contribution in [0, 0.1) is 5.92 Å². The van der Waals surface area contributed by atoms with E-state index in [1.54, 1.807) is 7.11 Å². The normalized spacial score (nSPS) is 22.1. The van der Waals surface area contributed by atoms with Crippen molar-refractivity contribution in [3.05, 3.63) is 30.5 Å². The number of hydrogen-bond donors (Lipinski definition) is 1. The van der Waals surface area contributed by atoms with Crippen molar-refractivity contribution >= 4 is 28.2 Å². The quantitative estimate of drug-likeness (QED) is 0.862. The first-order chi connectivity index (χ1) is 9.78. The Morgan fingerprint density at radius 3 is 3.00 bits per heavy atom. The third-order valence-corrected chi connectivity index (χ3v) is 4.65. The average molecular weight is 291 g/mol. The van der Waals surface area contributed by atoms with Crippen molar-refractivity contribution in [1.29, 1.82) is 0 Å². The zero-order valence-corrected chi connectivity index (χ0v) is 12.4. The molecule has 1 N–H and O–H groups in total. The maximum Gasteiger partial charge on any atom is 0.133 e. The monoisotopic (exact) mass is 290 g/mol. The number of rotatable bonds is 4. The number of methoxy groups -OCH3 is 1. The second kappa shape index (κ2) is 5.88. The second-order valence-electron chi connectivity index (χ2n) is 5.33. The molecule has 1 heterocycles. The van der Waals surface area contributed by atoms with Crippen molar-refractivity contribution in [2.24, 2.45) is 5.92 Å². The van der Waals surface area contributed by atoms with Crippen LogP contribution in [0.4, 0.5) is 5.82 Å². The van der Waals surface area contributed by atoms with Gasteiger partial charge in [-0.05, 0) is 42.3 Å². The highest BCUT2D eigenvalue weighted by Crippen LogP contribution is 2.31. The lowest BCUT2D eigenvalue weighted by Crippen LogP contribution is -2.18. The number of nitrogens with zero attached hydrogens (tertiary/aromatic N) is 1. The van der Waals surface area contributed by atoms with E-state index in [0.29, 0.717) is 11.3 Å². The number of alkyl halides is 1. The largest absolute Gasteiger partial charge is 0.497 e. The van der Waals surface area contributed by atoms with E-state index in [0.717, 1.165) is 35.3 Å². The summed E-state index contributed by atoms with van der Waals surface area (Å²) < 4.78 is 5.30. The Kier molecular flexibility index (Phi) is 3.97. The van der Waals surface area contributed by atoms with Crippen LogP contribution in [-0.2, 0) is 0 Å². The van der Waals surface area contributed by atoms with Crippen molar-refractivity contribution in [3.8, 4) is 5.75 Å². The Balaban J connectivity index is 1.83. The van der Waals surface area contributed by atoms with Crippen LogP contribution in [0.15, 0.2) is 30.5 Å². The topological polar surface area (TPSA) is 34.1 Å². The maximum atomic E-state index is 6.33. The number of nitrogens with one attached hydrogen (secondary N) is 1. The van der Waals surface area contributed by atoms with Crippen molar-refractivity contribution in [1.82, 2.24) is 4.98 Å². The van der Waals surface area contributed by atoms with Crippen LogP contribution in [0.1, 0.15) is 19.3 Å². The lowest BCUT2D eigenvalue weighted by Gasteiger charge is -2.16. The molecule has 0 amide bonds. The van der Waals surface area contributed by atoms with E-state index < -0.39 is 0 Å². The fourth-order valence-corrected chi connectivity index (χ4v) is 3.23. The van der Waals surface area contributed by atoms with Gasteiger partial charge >= 0.3 is 0 Å². The standard InChI is InChI=1S/C16H19ClN2O/c1-20-13-6-5-11-7-8-18-16(14(11)9-13)19-10-12-3-2-4-15(12)17/h5-9,12,15H,2-4,10H2,1H3,(H,18,19). The maximum absolute atomic E-state index is 6.33. The molecule has 4 heteroatoms. The molecule has 1 aromatic carbocycles. The molecule has 0 spiro atoms. The first-order valence-corrected chi connectivity index (χ1v) is 7.52. The van der Waals surface area contributed by atoms with Crippen molar-refractivity contribution in [3.63, 3.8) is 0 Å². The van der Waals surface area contributed by atoms with Gasteiger partial charge < -0.3 is 10.1 Å². The Labute approximate surface area is 124 Å². The van der Waals surface area contributed by atoms with Crippen molar-refractivity contribution < 1.29 is 4.74 Å². The van der Waals surface area contributed by atoms with Gasteiger partial charge in [0.15, 0.2) is 0 Å². The minimum Gasteiger partial charge on any atom is -0.497 e. The molecule has 1 saturated carbocycles. The van der Waals surface area contributed by atoms with Gasteiger partial charge in [0.1, 0.15) is 11.6 Å². The molecule has 1 aromatic heterocycles. The SMILES string of the molecule is COc1ccc2ccnc(NCC3CCCC3Cl)c2c1. The molecule has 3 nitrogen and oxygen atoms in total. The smallest absolute Gasteiger partial charge is 0.133 e. The third kappa shape index (κ3) is 2.68. The number of fused-ring (bicyclic) bond motifs is 1. The van der Waals surface area contributed by atoms with E-state index >= 15 is 0 Å². The summed E-state index contributed by atoms with van der Waals surface area (Å²) in [4.78, 5) is 4.46. The van der Waals surface area contributed by atoms with Crippen LogP contribution >= 0.6 is 11.6 Å². The molecule has 2 aromatic rings. The summed E-state index contributed by atoms with van der Waals surface area (Å²) >= 11 is 6.33. The second-order valence-corrected chi connectivity index (χ2v) is 5.90. The Hall–Kier alpha value is -1.48. The van der Waals surface area contributed by atoms with E-state index in [4.69, 9.17) is 16.3 Å². The molecule has 0 radical (unpaired) electrons. The van der Waals surface area contributed by atoms with Crippen LogP contribution in [-0.4, -0.2) is 24.0 Å². The van der Waals surface area contributed by atoms with Gasteiger partial charge in [-0.3, -0.25) is 0 Å². The summed E-state index contributed by atoms with van der Waals surface area (Å²) in [6, 6.07) is 8.07. The Morgan fingerprint density at radius 2 is 2.25 bits per heavy atom. The highest BCUT2D eigenvalue weighted by molar-refractivity contribution is 6.21. The van der Waals surface area contributed by atoms with Crippen LogP contribution in [0.5, 0.6) is 5.75 Å². The summed E-state index contributed by atoms with van der Waals surface area (Å²) in [6.07, 6.45) is 5.40. The minimum atomic E-state index is 0.298. The number of ether oxygens (including phenoxy) is 1. The van der Waals surface area contributed by atoms with Crippen LogP contribution in [0.2, 0.25) is 0 Å². The molecule has 0 aliphatic heterocycles. The summed E-state index contributed by atoms with van der Waals surface area (Å²) in [5, 5.41) is 6.02. The summed E-state index contributed by atoms with van der Waals surface area (Å²) in [5.41, 5.74) is 0. The highest BCUT2D eigenvalue weighted by atomic mass is 35.5. The predicted molar refractivity (Wildman–Crippen MR) is 83.8 cm³/mol. The Morgan fingerprint density at radius 1 is 1.35 bits per heavy atom. The third-order valence-electron chi connectivity index (χ3n) is 4.07. The van der Waals surface area contributed by atoms with Gasteiger partial charge in [0.2, 0.25) is 0 Å². The number of halogens is 1. The first-order valence-electron chi connectivity index (χ1n) is 7.08. The minimum absolute atomic E-state index is 0.298. The van der Waals surface area contributed by atoms with Crippen molar-refractivity contribution in [2.75, 3.05) is 19.0 Å². The molecular formula is C16H19ClN2O. The molecule has 20 heavy (non-hydrogen) atoms. The van der Waals surface area contributed by atoms with Crippen LogP contribution in [0.3, 0.4) is 0 Å². The number of benzene rings is 1. The van der Waals surface area contributed by atoms with E-state index in [-0.39, 0.29) is 0 Å². The van der Waals surface area contributed by atoms with Gasteiger partial charge in [0, 0.05) is 23.5 Å². The molecule has 106 valence electrons. The number of anilines is 1. The molecule has 2 atom stereocenters. The van der Waals surface area contributed by atoms with E-state index in [1.807, 2.05) is 24.4 Å². The van der Waals surface area contributed by atoms with Crippen LogP contribution < -0.4 is 10.1 Å². The molecule has 1 aliphatic rings. The average Bonchev–Trinajstić information content (AvgIpc) is 2.89. The molecule has 3 rings (SSSR count). The molecular weight excluding hydrogens is 272 g/mol. The number of pyridine rings is 1. The lowest BCUT2D eigenvalue weighted by molar-refractivity contribution is 0.415. The predicted octanol–water partition coefficient (Wildman–Crippen LogP) is 4.06. The van der Waals surface area contributed by atoms with E-state index in [2.05, 4.69) is 16.4 Å². The number of hydrogen-bond acceptors (Lipinski definition) is 3. The zero-order valence-electron chi connectivity index (χ0n) is 11.6. The van der Waals surface area contributed by atoms with Gasteiger partial charge in [-0.25, -0.2) is 4.98 Å². The van der Waals surface area contributed by atoms with E-state index in [9.17, 15) is 0 Å². The van der Waals surface area contributed by atoms with Gasteiger partial charge in [0.25, 0.3) is 0 Å². The molecule has 1 fully saturated rings. The summed E-state index contributed by atoms with van der Waals surface area (Å²) in [7, 11) is 1.68. The summed E-state index contributed by atoms with van der Waals surface area (Å²) in [5.74, 6) is 2.31. The molecule has 0 bridgehead atoms. The summed E-state index contributed by atoms with van der Waals surface area (Å²) in [6.45, 7) is 0.886.